The first-order valence-corrected chi connectivity index (χ1v) is 6.02. The molecule has 0 aliphatic rings. The molecule has 0 spiro atoms. The normalized spacial score (nSPS) is 10.1. The number of para-hydroxylation sites is 2. The van der Waals surface area contributed by atoms with Crippen LogP contribution in [0.1, 0.15) is 5.56 Å². The predicted molar refractivity (Wildman–Crippen MR) is 72.5 cm³/mol. The van der Waals surface area contributed by atoms with E-state index in [4.69, 9.17) is 15.2 Å². The molecule has 20 heavy (non-hydrogen) atoms. The van der Waals surface area contributed by atoms with Gasteiger partial charge in [-0.25, -0.2) is 9.18 Å². The summed E-state index contributed by atoms with van der Waals surface area (Å²) in [6.07, 6.45) is 0. The molecule has 2 aromatic carbocycles. The maximum atomic E-state index is 12.9. The van der Waals surface area contributed by atoms with E-state index in [0.717, 1.165) is 0 Å². The number of hydrogen-bond donors (Lipinski definition) is 1. The number of nitrogens with two attached hydrogens (primary N) is 1. The topological polar surface area (TPSA) is 61.5 Å². The number of rotatable bonds is 5. The third kappa shape index (κ3) is 3.98. The Hall–Kier alpha value is -2.56. The van der Waals surface area contributed by atoms with Crippen molar-refractivity contribution in [2.45, 2.75) is 6.61 Å². The molecule has 0 heterocycles. The second-order valence-electron chi connectivity index (χ2n) is 4.12. The molecule has 0 saturated heterocycles. The van der Waals surface area contributed by atoms with E-state index < -0.39 is 5.97 Å². The zero-order valence-electron chi connectivity index (χ0n) is 10.7. The van der Waals surface area contributed by atoms with Crippen LogP contribution in [0.5, 0.6) is 5.75 Å². The van der Waals surface area contributed by atoms with Crippen LogP contribution in [-0.4, -0.2) is 12.6 Å². The smallest absolute Gasteiger partial charge is 0.344 e. The minimum atomic E-state index is -0.544. The highest BCUT2D eigenvalue weighted by molar-refractivity contribution is 5.71. The molecule has 4 nitrogen and oxygen atoms in total. The minimum absolute atomic E-state index is 0.00419. The van der Waals surface area contributed by atoms with Crippen LogP contribution in [-0.2, 0) is 16.1 Å². The van der Waals surface area contributed by atoms with Crippen LogP contribution in [0.4, 0.5) is 10.1 Å². The molecule has 0 fully saturated rings. The standard InChI is InChI=1S/C15H14FNO3/c16-12-5-3-4-11(8-12)9-20-15(18)10-19-14-7-2-1-6-13(14)17/h1-8H,9-10,17H2. The van der Waals surface area contributed by atoms with Gasteiger partial charge in [-0.3, -0.25) is 0 Å². The SMILES string of the molecule is Nc1ccccc1OCC(=O)OCc1cccc(F)c1. The summed E-state index contributed by atoms with van der Waals surface area (Å²) in [4.78, 5) is 11.5. The maximum absolute atomic E-state index is 12.9. The first-order chi connectivity index (χ1) is 9.65. The van der Waals surface area contributed by atoms with Gasteiger partial charge in [0.15, 0.2) is 6.61 Å². The monoisotopic (exact) mass is 275 g/mol. The van der Waals surface area contributed by atoms with Crippen LogP contribution in [0.3, 0.4) is 0 Å². The second kappa shape index (κ2) is 6.56. The Morgan fingerprint density at radius 1 is 1.15 bits per heavy atom. The van der Waals surface area contributed by atoms with Crippen LogP contribution in [0.15, 0.2) is 48.5 Å². The summed E-state index contributed by atoms with van der Waals surface area (Å²) in [6.45, 7) is -0.242. The van der Waals surface area contributed by atoms with Crippen LogP contribution in [0.2, 0.25) is 0 Å². The summed E-state index contributed by atoms with van der Waals surface area (Å²) in [5, 5.41) is 0. The molecular weight excluding hydrogens is 261 g/mol. The number of ether oxygens (including phenoxy) is 2. The van der Waals surface area contributed by atoms with Gasteiger partial charge >= 0.3 is 5.97 Å². The van der Waals surface area contributed by atoms with Gasteiger partial charge in [0.1, 0.15) is 18.2 Å². The second-order valence-corrected chi connectivity index (χ2v) is 4.12. The van der Waals surface area contributed by atoms with Crippen molar-refractivity contribution >= 4 is 11.7 Å². The molecule has 2 rings (SSSR count). The summed E-state index contributed by atoms with van der Waals surface area (Å²) in [7, 11) is 0. The van der Waals surface area contributed by atoms with Crippen LogP contribution in [0, 0.1) is 5.82 Å². The van der Waals surface area contributed by atoms with E-state index >= 15 is 0 Å². The number of halogens is 1. The Bertz CT molecular complexity index is 601. The molecule has 104 valence electrons. The largest absolute Gasteiger partial charge is 0.480 e. The first-order valence-electron chi connectivity index (χ1n) is 6.02. The lowest BCUT2D eigenvalue weighted by Gasteiger charge is -2.08. The van der Waals surface area contributed by atoms with E-state index in [1.165, 1.54) is 12.1 Å². The Morgan fingerprint density at radius 3 is 2.70 bits per heavy atom. The molecule has 0 saturated carbocycles. The predicted octanol–water partition coefficient (Wildman–Crippen LogP) is 2.53. The van der Waals surface area contributed by atoms with Gasteiger partial charge in [-0.1, -0.05) is 24.3 Å². The summed E-state index contributed by atoms with van der Waals surface area (Å²) in [5.74, 6) is -0.487. The highest BCUT2D eigenvalue weighted by Gasteiger charge is 2.06. The molecule has 2 aromatic rings. The average Bonchev–Trinajstić information content (AvgIpc) is 2.44. The fourth-order valence-corrected chi connectivity index (χ4v) is 1.58. The average molecular weight is 275 g/mol. The molecule has 0 unspecified atom stereocenters. The van der Waals surface area contributed by atoms with Gasteiger partial charge in [-0.05, 0) is 29.8 Å². The van der Waals surface area contributed by atoms with Crippen molar-refractivity contribution in [2.24, 2.45) is 0 Å². The van der Waals surface area contributed by atoms with Crippen molar-refractivity contribution in [3.63, 3.8) is 0 Å². The van der Waals surface area contributed by atoms with Crippen molar-refractivity contribution in [1.82, 2.24) is 0 Å². The van der Waals surface area contributed by atoms with E-state index in [1.54, 1.807) is 36.4 Å². The number of carbonyl (C=O) groups is 1. The molecular formula is C15H14FNO3. The zero-order chi connectivity index (χ0) is 14.4. The van der Waals surface area contributed by atoms with Gasteiger partial charge in [0.25, 0.3) is 0 Å². The van der Waals surface area contributed by atoms with Gasteiger partial charge < -0.3 is 15.2 Å². The van der Waals surface area contributed by atoms with E-state index in [-0.39, 0.29) is 19.0 Å². The summed E-state index contributed by atoms with van der Waals surface area (Å²) >= 11 is 0. The third-order valence-corrected chi connectivity index (χ3v) is 2.55. The van der Waals surface area contributed by atoms with Crippen molar-refractivity contribution in [2.75, 3.05) is 12.3 Å². The van der Waals surface area contributed by atoms with Gasteiger partial charge in [0.2, 0.25) is 0 Å². The minimum Gasteiger partial charge on any atom is -0.480 e. The lowest BCUT2D eigenvalue weighted by Crippen LogP contribution is -2.15. The summed E-state index contributed by atoms with van der Waals surface area (Å²) in [6, 6.07) is 12.7. The molecule has 0 radical (unpaired) electrons. The molecule has 2 N–H and O–H groups in total. The van der Waals surface area contributed by atoms with Gasteiger partial charge in [-0.15, -0.1) is 0 Å². The number of nitrogen functional groups attached to an aromatic ring is 1. The van der Waals surface area contributed by atoms with Crippen molar-refractivity contribution < 1.29 is 18.7 Å². The number of benzene rings is 2. The molecule has 0 atom stereocenters. The van der Waals surface area contributed by atoms with E-state index in [1.807, 2.05) is 0 Å². The van der Waals surface area contributed by atoms with Gasteiger partial charge in [0.05, 0.1) is 5.69 Å². The van der Waals surface area contributed by atoms with E-state index in [2.05, 4.69) is 0 Å². The lowest BCUT2D eigenvalue weighted by atomic mass is 10.2. The van der Waals surface area contributed by atoms with E-state index in [9.17, 15) is 9.18 Å². The highest BCUT2D eigenvalue weighted by atomic mass is 19.1. The van der Waals surface area contributed by atoms with Gasteiger partial charge in [0, 0.05) is 0 Å². The van der Waals surface area contributed by atoms with Crippen molar-refractivity contribution in [3.8, 4) is 5.75 Å². The Balaban J connectivity index is 1.80. The highest BCUT2D eigenvalue weighted by Crippen LogP contribution is 2.19. The lowest BCUT2D eigenvalue weighted by molar-refractivity contribution is -0.147. The molecule has 0 aliphatic carbocycles. The van der Waals surface area contributed by atoms with Crippen LogP contribution < -0.4 is 10.5 Å². The van der Waals surface area contributed by atoms with Crippen molar-refractivity contribution in [3.05, 3.63) is 59.9 Å². The third-order valence-electron chi connectivity index (χ3n) is 2.55. The van der Waals surface area contributed by atoms with Crippen molar-refractivity contribution in [1.29, 1.82) is 0 Å². The van der Waals surface area contributed by atoms with Gasteiger partial charge in [-0.2, -0.15) is 0 Å². The maximum Gasteiger partial charge on any atom is 0.344 e. The van der Waals surface area contributed by atoms with Crippen LogP contribution in [0.25, 0.3) is 0 Å². The number of carbonyl (C=O) groups excluding carboxylic acids is 1. The number of hydrogen-bond acceptors (Lipinski definition) is 4. The first kappa shape index (κ1) is 13.9. The Labute approximate surface area is 115 Å². The molecule has 0 amide bonds. The molecule has 5 heteroatoms. The zero-order valence-corrected chi connectivity index (χ0v) is 10.7. The summed E-state index contributed by atoms with van der Waals surface area (Å²) < 4.78 is 23.1. The fraction of sp³-hybridized carbons (Fsp3) is 0.133. The Kier molecular flexibility index (Phi) is 4.55. The van der Waals surface area contributed by atoms with E-state index in [0.29, 0.717) is 17.0 Å². The van der Waals surface area contributed by atoms with Crippen LogP contribution >= 0.6 is 0 Å². The Morgan fingerprint density at radius 2 is 1.95 bits per heavy atom. The molecule has 0 bridgehead atoms. The number of esters is 1. The fourth-order valence-electron chi connectivity index (χ4n) is 1.58. The summed E-state index contributed by atoms with van der Waals surface area (Å²) in [5.41, 5.74) is 6.70. The quantitative estimate of drug-likeness (QED) is 0.673. The molecule has 0 aromatic heterocycles. The molecule has 0 aliphatic heterocycles. The number of anilines is 1.